The van der Waals surface area contributed by atoms with E-state index in [0.29, 0.717) is 5.76 Å². The van der Waals surface area contributed by atoms with Gasteiger partial charge in [0.25, 0.3) is 0 Å². The normalized spacial score (nSPS) is 11.1. The molecule has 0 fully saturated rings. The summed E-state index contributed by atoms with van der Waals surface area (Å²) >= 11 is 0. The van der Waals surface area contributed by atoms with E-state index in [1.165, 1.54) is 13.0 Å². The molecule has 0 bridgehead atoms. The zero-order chi connectivity index (χ0) is 10.7. The lowest BCUT2D eigenvalue weighted by atomic mass is 10.2. The summed E-state index contributed by atoms with van der Waals surface area (Å²) in [7, 11) is 0. The van der Waals surface area contributed by atoms with Crippen LogP contribution in [0.1, 0.15) is 24.0 Å². The summed E-state index contributed by atoms with van der Waals surface area (Å²) < 4.78 is 5.32. The highest BCUT2D eigenvalue weighted by atomic mass is 16.3. The van der Waals surface area contributed by atoms with Crippen LogP contribution >= 0.6 is 0 Å². The molecule has 0 aliphatic rings. The lowest BCUT2D eigenvalue weighted by molar-refractivity contribution is -0.113. The largest absolute Gasteiger partial charge is 0.462 e. The minimum absolute atomic E-state index is 0.110. The molecule has 0 saturated heterocycles. The molecule has 0 aliphatic carbocycles. The number of hydrogen-bond acceptors (Lipinski definition) is 3. The number of carbonyl (C=O) groups excluding carboxylic acids is 1. The summed E-state index contributed by atoms with van der Waals surface area (Å²) in [6.07, 6.45) is 1.46. The van der Waals surface area contributed by atoms with Gasteiger partial charge in [-0.1, -0.05) is 0 Å². The van der Waals surface area contributed by atoms with Gasteiger partial charge in [0.2, 0.25) is 0 Å². The SMILES string of the molecule is CC(=O)/C(C#N)=C/c1cc(C)c(C)o1. The molecule has 3 heteroatoms. The number of nitriles is 1. The molecule has 3 nitrogen and oxygen atoms in total. The van der Waals surface area contributed by atoms with Gasteiger partial charge in [-0.25, -0.2) is 0 Å². The topological polar surface area (TPSA) is 54.0 Å². The van der Waals surface area contributed by atoms with Crippen molar-refractivity contribution in [2.45, 2.75) is 20.8 Å². The Morgan fingerprint density at radius 3 is 2.57 bits per heavy atom. The molecule has 0 aromatic carbocycles. The van der Waals surface area contributed by atoms with E-state index in [1.54, 1.807) is 6.07 Å². The number of aryl methyl sites for hydroxylation is 2. The average molecular weight is 189 g/mol. The first-order valence-corrected chi connectivity index (χ1v) is 4.24. The summed E-state index contributed by atoms with van der Waals surface area (Å²) in [6, 6.07) is 3.63. The Morgan fingerprint density at radius 2 is 2.21 bits per heavy atom. The van der Waals surface area contributed by atoms with Crippen LogP contribution in [-0.4, -0.2) is 5.78 Å². The van der Waals surface area contributed by atoms with Gasteiger partial charge < -0.3 is 4.42 Å². The van der Waals surface area contributed by atoms with Crippen LogP contribution in [0.4, 0.5) is 0 Å². The monoisotopic (exact) mass is 189 g/mol. The quantitative estimate of drug-likeness (QED) is 0.530. The second kappa shape index (κ2) is 3.93. The molecule has 1 rings (SSSR count). The molecule has 0 amide bonds. The number of rotatable bonds is 2. The Bertz CT molecular complexity index is 413. The Kier molecular flexibility index (Phi) is 2.88. The molecule has 0 spiro atoms. The molecule has 1 aromatic rings. The van der Waals surface area contributed by atoms with Gasteiger partial charge in [0.1, 0.15) is 17.6 Å². The van der Waals surface area contributed by atoms with E-state index < -0.39 is 0 Å². The average Bonchev–Trinajstić information content (AvgIpc) is 2.41. The van der Waals surface area contributed by atoms with Gasteiger partial charge in [0, 0.05) is 6.08 Å². The fourth-order valence-electron chi connectivity index (χ4n) is 1.03. The highest BCUT2D eigenvalue weighted by molar-refractivity contribution is 6.01. The third-order valence-corrected chi connectivity index (χ3v) is 1.97. The number of carbonyl (C=O) groups is 1. The lowest BCUT2D eigenvalue weighted by Gasteiger charge is -1.88. The standard InChI is InChI=1S/C11H11NO2/c1-7-4-11(14-9(7)3)5-10(6-12)8(2)13/h4-5H,1-3H3/b10-5+. The fraction of sp³-hybridized carbons (Fsp3) is 0.273. The predicted octanol–water partition coefficient (Wildman–Crippen LogP) is 2.39. The molecular weight excluding hydrogens is 178 g/mol. The van der Waals surface area contributed by atoms with Crippen molar-refractivity contribution >= 4 is 11.9 Å². The van der Waals surface area contributed by atoms with Gasteiger partial charge in [0.05, 0.1) is 5.57 Å². The Morgan fingerprint density at radius 1 is 1.57 bits per heavy atom. The highest BCUT2D eigenvalue weighted by Gasteiger charge is 2.05. The van der Waals surface area contributed by atoms with Crippen LogP contribution in [-0.2, 0) is 4.79 Å². The Hall–Kier alpha value is -1.82. The number of Topliss-reactive ketones (excluding diaryl/α,β-unsaturated/α-hetero) is 1. The second-order valence-electron chi connectivity index (χ2n) is 3.11. The van der Waals surface area contributed by atoms with Gasteiger partial charge >= 0.3 is 0 Å². The number of hydrogen-bond donors (Lipinski definition) is 0. The first-order valence-electron chi connectivity index (χ1n) is 4.24. The summed E-state index contributed by atoms with van der Waals surface area (Å²) in [5.74, 6) is 1.10. The highest BCUT2D eigenvalue weighted by Crippen LogP contribution is 2.16. The molecule has 0 radical (unpaired) electrons. The van der Waals surface area contributed by atoms with Crippen molar-refractivity contribution in [2.75, 3.05) is 0 Å². The van der Waals surface area contributed by atoms with Crippen molar-refractivity contribution in [3.8, 4) is 6.07 Å². The van der Waals surface area contributed by atoms with Crippen molar-refractivity contribution in [1.29, 1.82) is 5.26 Å². The minimum Gasteiger partial charge on any atom is -0.462 e. The van der Waals surface area contributed by atoms with Gasteiger partial charge in [0.15, 0.2) is 5.78 Å². The third-order valence-electron chi connectivity index (χ3n) is 1.97. The van der Waals surface area contributed by atoms with E-state index in [0.717, 1.165) is 11.3 Å². The number of furan rings is 1. The van der Waals surface area contributed by atoms with Crippen LogP contribution in [0.3, 0.4) is 0 Å². The number of ketones is 1. The van der Waals surface area contributed by atoms with Crippen LogP contribution in [0.15, 0.2) is 16.1 Å². The molecule has 1 heterocycles. The number of allylic oxidation sites excluding steroid dienone is 1. The van der Waals surface area contributed by atoms with Crippen molar-refractivity contribution < 1.29 is 9.21 Å². The molecule has 0 N–H and O–H groups in total. The van der Waals surface area contributed by atoms with Crippen LogP contribution in [0.25, 0.3) is 6.08 Å². The van der Waals surface area contributed by atoms with Gasteiger partial charge in [-0.05, 0) is 32.4 Å². The molecular formula is C11H11NO2. The van der Waals surface area contributed by atoms with Crippen LogP contribution in [0.2, 0.25) is 0 Å². The Labute approximate surface area is 82.6 Å². The number of nitrogens with zero attached hydrogens (tertiary/aromatic N) is 1. The van der Waals surface area contributed by atoms with Gasteiger partial charge in [-0.2, -0.15) is 5.26 Å². The maximum atomic E-state index is 10.9. The molecule has 0 unspecified atom stereocenters. The van der Waals surface area contributed by atoms with Gasteiger partial charge in [-0.15, -0.1) is 0 Å². The van der Waals surface area contributed by atoms with E-state index in [2.05, 4.69) is 0 Å². The summed E-state index contributed by atoms with van der Waals surface area (Å²) in [5.41, 5.74) is 1.12. The van der Waals surface area contributed by atoms with E-state index in [4.69, 9.17) is 9.68 Å². The minimum atomic E-state index is -0.251. The zero-order valence-electron chi connectivity index (χ0n) is 8.42. The van der Waals surface area contributed by atoms with E-state index in [9.17, 15) is 4.79 Å². The van der Waals surface area contributed by atoms with Crippen LogP contribution < -0.4 is 0 Å². The van der Waals surface area contributed by atoms with E-state index in [1.807, 2.05) is 19.9 Å². The maximum absolute atomic E-state index is 10.9. The molecule has 14 heavy (non-hydrogen) atoms. The van der Waals surface area contributed by atoms with Crippen molar-refractivity contribution in [1.82, 2.24) is 0 Å². The molecule has 72 valence electrons. The first-order chi connectivity index (χ1) is 6.54. The van der Waals surface area contributed by atoms with Crippen LogP contribution in [0, 0.1) is 25.2 Å². The maximum Gasteiger partial charge on any atom is 0.170 e. The summed E-state index contributed by atoms with van der Waals surface area (Å²) in [6.45, 7) is 5.11. The van der Waals surface area contributed by atoms with Crippen LogP contribution in [0.5, 0.6) is 0 Å². The summed E-state index contributed by atoms with van der Waals surface area (Å²) in [4.78, 5) is 10.9. The van der Waals surface area contributed by atoms with Crippen molar-refractivity contribution in [3.63, 3.8) is 0 Å². The molecule has 0 saturated carbocycles. The van der Waals surface area contributed by atoms with Gasteiger partial charge in [-0.3, -0.25) is 4.79 Å². The van der Waals surface area contributed by atoms with Crippen molar-refractivity contribution in [3.05, 3.63) is 28.7 Å². The van der Waals surface area contributed by atoms with Crippen molar-refractivity contribution in [2.24, 2.45) is 0 Å². The third kappa shape index (κ3) is 2.11. The lowest BCUT2D eigenvalue weighted by Crippen LogP contribution is -1.92. The van der Waals surface area contributed by atoms with E-state index >= 15 is 0 Å². The molecule has 0 atom stereocenters. The summed E-state index contributed by atoms with van der Waals surface area (Å²) in [5, 5.41) is 8.65. The smallest absolute Gasteiger partial charge is 0.170 e. The molecule has 0 aliphatic heterocycles. The Balaban J connectivity index is 3.08. The van der Waals surface area contributed by atoms with E-state index in [-0.39, 0.29) is 11.4 Å². The first kappa shape index (κ1) is 10.3. The fourth-order valence-corrected chi connectivity index (χ4v) is 1.03. The second-order valence-corrected chi connectivity index (χ2v) is 3.11. The predicted molar refractivity (Wildman–Crippen MR) is 52.5 cm³/mol. The molecule has 1 aromatic heterocycles. The zero-order valence-corrected chi connectivity index (χ0v) is 8.42.